The predicted octanol–water partition coefficient (Wildman–Crippen LogP) is 1.73. The monoisotopic (exact) mass is 236 g/mol. The molecular formula is C12H13ClN2O. The average molecular weight is 237 g/mol. The summed E-state index contributed by atoms with van der Waals surface area (Å²) in [5, 5.41) is 19.6. The lowest BCUT2D eigenvalue weighted by Gasteiger charge is -2.23. The van der Waals surface area contributed by atoms with E-state index in [0.29, 0.717) is 17.0 Å². The van der Waals surface area contributed by atoms with Crippen molar-refractivity contribution in [3.63, 3.8) is 0 Å². The summed E-state index contributed by atoms with van der Waals surface area (Å²) in [5.41, 5.74) is 2.48. The Labute approximate surface area is 99.9 Å². The molecule has 1 aliphatic carbocycles. The Morgan fingerprint density at radius 3 is 2.75 bits per heavy atom. The van der Waals surface area contributed by atoms with Gasteiger partial charge in [0.25, 0.3) is 0 Å². The van der Waals surface area contributed by atoms with Gasteiger partial charge in [-0.2, -0.15) is 5.26 Å². The van der Waals surface area contributed by atoms with E-state index in [1.807, 2.05) is 25.1 Å². The number of aliphatic hydroxyl groups excluding tert-OH is 1. The van der Waals surface area contributed by atoms with Crippen molar-refractivity contribution in [1.82, 2.24) is 4.90 Å². The van der Waals surface area contributed by atoms with Gasteiger partial charge in [-0.25, -0.2) is 0 Å². The molecule has 2 rings (SSSR count). The number of likely N-dealkylation sites (N-methyl/N-ethyl adjacent to an activating group) is 1. The Morgan fingerprint density at radius 2 is 2.19 bits per heavy atom. The van der Waals surface area contributed by atoms with Gasteiger partial charge in [0.2, 0.25) is 0 Å². The third-order valence-corrected chi connectivity index (χ3v) is 3.24. The standard InChI is InChI=1S/C12H13ClN2O/c1-15(2)12-10-4-8(13)3-7(6-14)9(10)5-11(12)16/h3-4,11-12,16H,5H2,1-2H3/t11-,12-/m1/s1. The second kappa shape index (κ2) is 4.06. The van der Waals surface area contributed by atoms with Gasteiger partial charge in [-0.05, 0) is 37.4 Å². The maximum Gasteiger partial charge on any atom is 0.0995 e. The third-order valence-electron chi connectivity index (χ3n) is 3.02. The van der Waals surface area contributed by atoms with Gasteiger partial charge >= 0.3 is 0 Å². The zero-order chi connectivity index (χ0) is 11.9. The van der Waals surface area contributed by atoms with Crippen LogP contribution in [0.3, 0.4) is 0 Å². The summed E-state index contributed by atoms with van der Waals surface area (Å²) in [6.07, 6.45) is 0.0636. The summed E-state index contributed by atoms with van der Waals surface area (Å²) in [6.45, 7) is 0. The molecule has 1 aliphatic rings. The van der Waals surface area contributed by atoms with Crippen LogP contribution in [0.4, 0.5) is 0 Å². The number of nitrogens with zero attached hydrogens (tertiary/aromatic N) is 2. The van der Waals surface area contributed by atoms with Gasteiger partial charge in [-0.1, -0.05) is 11.6 Å². The van der Waals surface area contributed by atoms with Gasteiger partial charge in [-0.3, -0.25) is 0 Å². The molecule has 0 bridgehead atoms. The van der Waals surface area contributed by atoms with Crippen LogP contribution in [-0.4, -0.2) is 30.2 Å². The van der Waals surface area contributed by atoms with E-state index < -0.39 is 6.10 Å². The highest BCUT2D eigenvalue weighted by Gasteiger charge is 2.34. The number of rotatable bonds is 1. The van der Waals surface area contributed by atoms with Crippen molar-refractivity contribution in [2.24, 2.45) is 0 Å². The van der Waals surface area contributed by atoms with Gasteiger partial charge < -0.3 is 10.0 Å². The highest BCUT2D eigenvalue weighted by Crippen LogP contribution is 2.38. The number of fused-ring (bicyclic) bond motifs is 1. The minimum Gasteiger partial charge on any atom is -0.391 e. The fourth-order valence-corrected chi connectivity index (χ4v) is 2.63. The molecule has 0 fully saturated rings. The van der Waals surface area contributed by atoms with Crippen molar-refractivity contribution in [2.45, 2.75) is 18.6 Å². The average Bonchev–Trinajstić information content (AvgIpc) is 2.52. The van der Waals surface area contributed by atoms with Gasteiger partial charge in [0.1, 0.15) is 0 Å². The molecule has 0 saturated heterocycles. The minimum absolute atomic E-state index is 0.0687. The lowest BCUT2D eigenvalue weighted by atomic mass is 10.0. The summed E-state index contributed by atoms with van der Waals surface area (Å²) in [4.78, 5) is 1.95. The van der Waals surface area contributed by atoms with E-state index in [1.54, 1.807) is 6.07 Å². The van der Waals surface area contributed by atoms with E-state index in [0.717, 1.165) is 11.1 Å². The molecule has 0 saturated carbocycles. The van der Waals surface area contributed by atoms with Crippen molar-refractivity contribution in [2.75, 3.05) is 14.1 Å². The zero-order valence-electron chi connectivity index (χ0n) is 9.24. The van der Waals surface area contributed by atoms with Gasteiger partial charge in [-0.15, -0.1) is 0 Å². The number of hydrogen-bond donors (Lipinski definition) is 1. The molecule has 4 heteroatoms. The molecule has 0 unspecified atom stereocenters. The van der Waals surface area contributed by atoms with E-state index in [2.05, 4.69) is 6.07 Å². The summed E-state index contributed by atoms with van der Waals surface area (Å²) in [5.74, 6) is 0. The SMILES string of the molecule is CN(C)[C@@H]1c2cc(Cl)cc(C#N)c2C[C@H]1O. The molecule has 3 nitrogen and oxygen atoms in total. The Kier molecular flexibility index (Phi) is 2.90. The van der Waals surface area contributed by atoms with Gasteiger partial charge in [0, 0.05) is 11.4 Å². The van der Waals surface area contributed by atoms with Crippen LogP contribution in [0.2, 0.25) is 5.02 Å². The molecule has 1 aromatic carbocycles. The van der Waals surface area contributed by atoms with Crippen molar-refractivity contribution < 1.29 is 5.11 Å². The van der Waals surface area contributed by atoms with E-state index in [-0.39, 0.29) is 6.04 Å². The third kappa shape index (κ3) is 1.69. The molecule has 2 atom stereocenters. The Balaban J connectivity index is 2.59. The maximum absolute atomic E-state index is 10.00. The van der Waals surface area contributed by atoms with Crippen LogP contribution in [0.25, 0.3) is 0 Å². The van der Waals surface area contributed by atoms with Gasteiger partial charge in [0.05, 0.1) is 23.8 Å². The smallest absolute Gasteiger partial charge is 0.0995 e. The van der Waals surface area contributed by atoms with Crippen LogP contribution in [0.15, 0.2) is 12.1 Å². The molecule has 84 valence electrons. The minimum atomic E-state index is -0.462. The van der Waals surface area contributed by atoms with Crippen LogP contribution in [-0.2, 0) is 6.42 Å². The van der Waals surface area contributed by atoms with Crippen molar-refractivity contribution in [1.29, 1.82) is 5.26 Å². The summed E-state index contributed by atoms with van der Waals surface area (Å²) in [6, 6.07) is 5.57. The Morgan fingerprint density at radius 1 is 1.50 bits per heavy atom. The van der Waals surface area contributed by atoms with E-state index in [1.165, 1.54) is 0 Å². The van der Waals surface area contributed by atoms with Crippen LogP contribution < -0.4 is 0 Å². The van der Waals surface area contributed by atoms with E-state index >= 15 is 0 Å². The van der Waals surface area contributed by atoms with Crippen LogP contribution in [0.5, 0.6) is 0 Å². The lowest BCUT2D eigenvalue weighted by molar-refractivity contribution is 0.0902. The fraction of sp³-hybridized carbons (Fsp3) is 0.417. The van der Waals surface area contributed by atoms with Crippen LogP contribution >= 0.6 is 11.6 Å². The molecule has 1 aromatic rings. The summed E-state index contributed by atoms with van der Waals surface area (Å²) < 4.78 is 0. The first-order chi connectivity index (χ1) is 7.54. The number of halogens is 1. The summed E-state index contributed by atoms with van der Waals surface area (Å²) >= 11 is 5.97. The molecule has 0 amide bonds. The molecule has 16 heavy (non-hydrogen) atoms. The first-order valence-electron chi connectivity index (χ1n) is 5.11. The fourth-order valence-electron chi connectivity index (χ4n) is 2.40. The lowest BCUT2D eigenvalue weighted by Crippen LogP contribution is -2.27. The summed E-state index contributed by atoms with van der Waals surface area (Å²) in [7, 11) is 3.83. The first-order valence-corrected chi connectivity index (χ1v) is 5.49. The van der Waals surface area contributed by atoms with Crippen molar-refractivity contribution >= 4 is 11.6 Å². The number of benzene rings is 1. The highest BCUT2D eigenvalue weighted by molar-refractivity contribution is 6.30. The van der Waals surface area contributed by atoms with E-state index in [4.69, 9.17) is 16.9 Å². The Bertz CT molecular complexity index is 465. The molecule has 0 aromatic heterocycles. The number of nitriles is 1. The van der Waals surface area contributed by atoms with Crippen molar-refractivity contribution in [3.8, 4) is 6.07 Å². The molecular weight excluding hydrogens is 224 g/mol. The van der Waals surface area contributed by atoms with E-state index in [9.17, 15) is 5.11 Å². The Hall–Kier alpha value is -1.08. The quantitative estimate of drug-likeness (QED) is 0.808. The number of hydrogen-bond acceptors (Lipinski definition) is 3. The largest absolute Gasteiger partial charge is 0.391 e. The van der Waals surface area contributed by atoms with Crippen LogP contribution in [0.1, 0.15) is 22.7 Å². The second-order valence-corrected chi connectivity index (χ2v) is 4.75. The van der Waals surface area contributed by atoms with Crippen LogP contribution in [0, 0.1) is 11.3 Å². The second-order valence-electron chi connectivity index (χ2n) is 4.31. The van der Waals surface area contributed by atoms with Crippen molar-refractivity contribution in [3.05, 3.63) is 33.8 Å². The topological polar surface area (TPSA) is 47.3 Å². The zero-order valence-corrected chi connectivity index (χ0v) is 9.99. The number of aliphatic hydroxyl groups is 1. The highest BCUT2D eigenvalue weighted by atomic mass is 35.5. The predicted molar refractivity (Wildman–Crippen MR) is 62.3 cm³/mol. The molecule has 1 N–H and O–H groups in total. The molecule has 0 spiro atoms. The normalized spacial score (nSPS) is 23.2. The van der Waals surface area contributed by atoms with Gasteiger partial charge in [0.15, 0.2) is 0 Å². The molecule has 0 radical (unpaired) electrons. The maximum atomic E-state index is 10.00. The molecule has 0 heterocycles. The first kappa shape index (κ1) is 11.4. The molecule has 0 aliphatic heterocycles.